The molecule has 1 heterocycles. The second kappa shape index (κ2) is 4.77. The summed E-state index contributed by atoms with van der Waals surface area (Å²) < 4.78 is 0.601. The highest BCUT2D eigenvalue weighted by Gasteiger charge is 2.31. The van der Waals surface area contributed by atoms with Crippen molar-refractivity contribution in [1.29, 1.82) is 0 Å². The number of aromatic hydroxyl groups is 1. The summed E-state index contributed by atoms with van der Waals surface area (Å²) in [6, 6.07) is 4.31. The van der Waals surface area contributed by atoms with Crippen molar-refractivity contribution in [3.05, 3.63) is 28.2 Å². The normalized spacial score (nSPS) is 15.1. The van der Waals surface area contributed by atoms with E-state index in [9.17, 15) is 19.5 Å². The molecule has 2 rings (SSSR count). The molecule has 0 unspecified atom stereocenters. The maximum absolute atomic E-state index is 11.8. The summed E-state index contributed by atoms with van der Waals surface area (Å²) in [6.45, 7) is 0. The zero-order chi connectivity index (χ0) is 13.3. The molecule has 1 aromatic carbocycles. The van der Waals surface area contributed by atoms with Crippen molar-refractivity contribution >= 4 is 33.7 Å². The molecule has 0 bridgehead atoms. The Labute approximate surface area is 111 Å². The Kier molecular flexibility index (Phi) is 3.33. The van der Waals surface area contributed by atoms with E-state index in [1.807, 2.05) is 0 Å². The molecule has 7 heteroatoms. The second-order valence-corrected chi connectivity index (χ2v) is 4.64. The van der Waals surface area contributed by atoms with Crippen LogP contribution in [0.15, 0.2) is 22.7 Å². The Morgan fingerprint density at radius 3 is 2.50 bits per heavy atom. The predicted molar refractivity (Wildman–Crippen MR) is 64.4 cm³/mol. The molecule has 94 valence electrons. The predicted octanol–water partition coefficient (Wildman–Crippen LogP) is 0.948. The van der Waals surface area contributed by atoms with Crippen LogP contribution in [0.4, 0.5) is 0 Å². The minimum atomic E-state index is -0.711. The SMILES string of the molecule is O=C(NN1C(=O)CCC1=O)c1cc(Br)ccc1O. The summed E-state index contributed by atoms with van der Waals surface area (Å²) >= 11 is 3.16. The van der Waals surface area contributed by atoms with Gasteiger partial charge in [0.2, 0.25) is 11.8 Å². The highest BCUT2D eigenvalue weighted by atomic mass is 79.9. The van der Waals surface area contributed by atoms with Gasteiger partial charge in [-0.15, -0.1) is 0 Å². The number of carbonyl (C=O) groups excluding carboxylic acids is 3. The van der Waals surface area contributed by atoms with Crippen LogP contribution in [0.3, 0.4) is 0 Å². The topological polar surface area (TPSA) is 86.7 Å². The van der Waals surface area contributed by atoms with Crippen LogP contribution in [0.1, 0.15) is 23.2 Å². The number of hydrazine groups is 1. The minimum absolute atomic E-state index is 0.0168. The van der Waals surface area contributed by atoms with Crippen LogP contribution in [-0.4, -0.2) is 27.8 Å². The Balaban J connectivity index is 2.19. The van der Waals surface area contributed by atoms with Crippen LogP contribution >= 0.6 is 15.9 Å². The van der Waals surface area contributed by atoms with Gasteiger partial charge in [-0.25, -0.2) is 0 Å². The third-order valence-electron chi connectivity index (χ3n) is 2.47. The molecule has 1 aliphatic rings. The van der Waals surface area contributed by atoms with E-state index in [1.165, 1.54) is 12.1 Å². The zero-order valence-corrected chi connectivity index (χ0v) is 10.7. The van der Waals surface area contributed by atoms with Crippen molar-refractivity contribution < 1.29 is 19.5 Å². The first-order valence-corrected chi connectivity index (χ1v) is 5.93. The van der Waals surface area contributed by atoms with Gasteiger partial charge in [-0.05, 0) is 18.2 Å². The van der Waals surface area contributed by atoms with E-state index in [4.69, 9.17) is 0 Å². The molecule has 0 atom stereocenters. The first-order chi connectivity index (χ1) is 8.49. The molecule has 1 aromatic rings. The molecule has 2 N–H and O–H groups in total. The standard InChI is InChI=1S/C11H9BrN2O4/c12-6-1-2-8(15)7(5-6)11(18)13-14-9(16)3-4-10(14)17/h1-2,5,15H,3-4H2,(H,13,18). The Hall–Kier alpha value is -1.89. The van der Waals surface area contributed by atoms with Crippen LogP contribution in [0.2, 0.25) is 0 Å². The maximum Gasteiger partial charge on any atom is 0.274 e. The highest BCUT2D eigenvalue weighted by Crippen LogP contribution is 2.22. The van der Waals surface area contributed by atoms with Gasteiger partial charge in [0.05, 0.1) is 5.56 Å². The van der Waals surface area contributed by atoms with E-state index in [0.29, 0.717) is 9.48 Å². The number of carbonyl (C=O) groups is 3. The van der Waals surface area contributed by atoms with Gasteiger partial charge < -0.3 is 5.11 Å². The van der Waals surface area contributed by atoms with Crippen molar-refractivity contribution in [1.82, 2.24) is 10.4 Å². The van der Waals surface area contributed by atoms with Crippen LogP contribution < -0.4 is 5.43 Å². The molecule has 1 fully saturated rings. The Morgan fingerprint density at radius 2 is 1.89 bits per heavy atom. The van der Waals surface area contributed by atoms with Crippen LogP contribution in [0.25, 0.3) is 0 Å². The number of hydrogen-bond acceptors (Lipinski definition) is 4. The fourth-order valence-electron chi connectivity index (χ4n) is 1.55. The van der Waals surface area contributed by atoms with Gasteiger partial charge in [0.15, 0.2) is 0 Å². The third kappa shape index (κ3) is 2.35. The van der Waals surface area contributed by atoms with Crippen LogP contribution in [0.5, 0.6) is 5.75 Å². The lowest BCUT2D eigenvalue weighted by Crippen LogP contribution is -2.45. The number of phenolic OH excluding ortho intramolecular Hbond substituents is 1. The average Bonchev–Trinajstić information content (AvgIpc) is 2.64. The number of benzene rings is 1. The number of hydrogen-bond donors (Lipinski definition) is 2. The number of rotatable bonds is 2. The molecule has 3 amide bonds. The molecule has 0 spiro atoms. The number of nitrogens with zero attached hydrogens (tertiary/aromatic N) is 1. The number of phenols is 1. The molecule has 1 aliphatic heterocycles. The lowest BCUT2D eigenvalue weighted by molar-refractivity contribution is -0.141. The summed E-state index contributed by atoms with van der Waals surface area (Å²) in [5.41, 5.74) is 2.16. The number of imide groups is 1. The van der Waals surface area contributed by atoms with E-state index in [2.05, 4.69) is 21.4 Å². The fourth-order valence-corrected chi connectivity index (χ4v) is 1.91. The van der Waals surface area contributed by atoms with Gasteiger partial charge in [-0.1, -0.05) is 15.9 Å². The van der Waals surface area contributed by atoms with E-state index >= 15 is 0 Å². The second-order valence-electron chi connectivity index (χ2n) is 3.73. The van der Waals surface area contributed by atoms with Crippen molar-refractivity contribution in [2.45, 2.75) is 12.8 Å². The van der Waals surface area contributed by atoms with Gasteiger partial charge >= 0.3 is 0 Å². The molecular weight excluding hydrogens is 304 g/mol. The van der Waals surface area contributed by atoms with Gasteiger partial charge in [0.25, 0.3) is 5.91 Å². The molecule has 1 saturated heterocycles. The molecule has 0 radical (unpaired) electrons. The summed E-state index contributed by atoms with van der Waals surface area (Å²) in [6.07, 6.45) is 0.174. The summed E-state index contributed by atoms with van der Waals surface area (Å²) in [7, 11) is 0. The summed E-state index contributed by atoms with van der Waals surface area (Å²) in [5, 5.41) is 10.2. The lowest BCUT2D eigenvalue weighted by atomic mass is 10.2. The first-order valence-electron chi connectivity index (χ1n) is 5.14. The molecule has 0 saturated carbocycles. The van der Waals surface area contributed by atoms with Crippen molar-refractivity contribution in [2.75, 3.05) is 0 Å². The molecule has 18 heavy (non-hydrogen) atoms. The monoisotopic (exact) mass is 312 g/mol. The van der Waals surface area contributed by atoms with Gasteiger partial charge in [-0.2, -0.15) is 5.01 Å². The van der Waals surface area contributed by atoms with Crippen LogP contribution in [-0.2, 0) is 9.59 Å². The largest absolute Gasteiger partial charge is 0.507 e. The van der Waals surface area contributed by atoms with Gasteiger partial charge in [0.1, 0.15) is 5.75 Å². The molecule has 6 nitrogen and oxygen atoms in total. The zero-order valence-electron chi connectivity index (χ0n) is 9.14. The molecule has 0 aromatic heterocycles. The number of halogens is 1. The van der Waals surface area contributed by atoms with Crippen molar-refractivity contribution in [3.8, 4) is 5.75 Å². The number of nitrogens with one attached hydrogen (secondary N) is 1. The van der Waals surface area contributed by atoms with Gasteiger partial charge in [0, 0.05) is 17.3 Å². The van der Waals surface area contributed by atoms with Crippen molar-refractivity contribution in [3.63, 3.8) is 0 Å². The fraction of sp³-hybridized carbons (Fsp3) is 0.182. The van der Waals surface area contributed by atoms with Gasteiger partial charge in [-0.3, -0.25) is 19.8 Å². The number of amides is 3. The van der Waals surface area contributed by atoms with E-state index in [1.54, 1.807) is 6.07 Å². The molecular formula is C11H9BrN2O4. The molecule has 0 aliphatic carbocycles. The van der Waals surface area contributed by atoms with E-state index in [0.717, 1.165) is 0 Å². The first kappa shape index (κ1) is 12.6. The van der Waals surface area contributed by atoms with Crippen LogP contribution in [0, 0.1) is 0 Å². The van der Waals surface area contributed by atoms with Crippen molar-refractivity contribution in [2.24, 2.45) is 0 Å². The average molecular weight is 313 g/mol. The van der Waals surface area contributed by atoms with E-state index in [-0.39, 0.29) is 24.2 Å². The summed E-state index contributed by atoms with van der Waals surface area (Å²) in [4.78, 5) is 34.5. The van der Waals surface area contributed by atoms with E-state index < -0.39 is 17.7 Å². The maximum atomic E-state index is 11.8. The minimum Gasteiger partial charge on any atom is -0.507 e. The summed E-state index contributed by atoms with van der Waals surface area (Å²) in [5.74, 6) is -1.85. The third-order valence-corrected chi connectivity index (χ3v) is 2.96. The Bertz CT molecular complexity index is 528. The smallest absolute Gasteiger partial charge is 0.274 e. The Morgan fingerprint density at radius 1 is 1.28 bits per heavy atom. The lowest BCUT2D eigenvalue weighted by Gasteiger charge is -2.15. The quantitative estimate of drug-likeness (QED) is 0.796. The highest BCUT2D eigenvalue weighted by molar-refractivity contribution is 9.10.